The smallest absolute Gasteiger partial charge is 0.344 e. The van der Waals surface area contributed by atoms with Crippen LogP contribution in [0.3, 0.4) is 0 Å². The van der Waals surface area contributed by atoms with Crippen LogP contribution < -0.4 is 6.15 Å². The lowest BCUT2D eigenvalue weighted by Gasteiger charge is -2.18. The lowest BCUT2D eigenvalue weighted by Crippen LogP contribution is -2.04. The Hall–Kier alpha value is 0.0700. The van der Waals surface area contributed by atoms with E-state index >= 15 is 0 Å². The average molecular weight is 508 g/mol. The molecule has 0 heterocycles. The Kier molecular flexibility index (Phi) is 31.2. The minimum atomic E-state index is -3.40. The van der Waals surface area contributed by atoms with Gasteiger partial charge in [0, 0.05) is 0 Å². The van der Waals surface area contributed by atoms with Gasteiger partial charge < -0.3 is 6.15 Å². The van der Waals surface area contributed by atoms with Gasteiger partial charge in [-0.2, -0.15) is 0 Å². The summed E-state index contributed by atoms with van der Waals surface area (Å²) >= 11 is 0. The Balaban J connectivity index is 0. The molecule has 3 N–H and O–H groups in total. The molecule has 0 fully saturated rings. The van der Waals surface area contributed by atoms with E-state index in [0.717, 1.165) is 38.5 Å². The van der Waals surface area contributed by atoms with Gasteiger partial charge in [-0.1, -0.05) is 143 Å². The second-order valence-corrected chi connectivity index (χ2v) is 11.3. The number of hydrogen-bond acceptors (Lipinski definition) is 5. The van der Waals surface area contributed by atoms with Crippen molar-refractivity contribution in [1.82, 2.24) is 6.15 Å². The summed E-state index contributed by atoms with van der Waals surface area (Å²) in [7, 11) is -3.40. The molecule has 0 radical (unpaired) electrons. The third kappa shape index (κ3) is 26.7. The van der Waals surface area contributed by atoms with Gasteiger partial charge in [0.15, 0.2) is 0 Å². The molecule has 0 aliphatic heterocycles. The SMILES string of the molecule is CCCCCCCCCCCCOP(=O)(OCCCC)OCCCCCCCCCCCC.N. The Morgan fingerprint density at radius 2 is 0.618 bits per heavy atom. The summed E-state index contributed by atoms with van der Waals surface area (Å²) in [6.45, 7) is 8.01. The first kappa shape index (κ1) is 36.2. The summed E-state index contributed by atoms with van der Waals surface area (Å²) in [4.78, 5) is 0. The van der Waals surface area contributed by atoms with Crippen LogP contribution in [0.4, 0.5) is 0 Å². The van der Waals surface area contributed by atoms with Crippen molar-refractivity contribution in [3.63, 3.8) is 0 Å². The first-order valence-corrected chi connectivity index (χ1v) is 16.2. The van der Waals surface area contributed by atoms with Gasteiger partial charge >= 0.3 is 7.82 Å². The Bertz CT molecular complexity index is 393. The zero-order valence-electron chi connectivity index (χ0n) is 23.5. The van der Waals surface area contributed by atoms with Crippen molar-refractivity contribution in [2.75, 3.05) is 19.8 Å². The van der Waals surface area contributed by atoms with E-state index in [9.17, 15) is 4.57 Å². The van der Waals surface area contributed by atoms with E-state index in [1.54, 1.807) is 0 Å². The van der Waals surface area contributed by atoms with Crippen LogP contribution >= 0.6 is 7.82 Å². The van der Waals surface area contributed by atoms with Gasteiger partial charge in [0.25, 0.3) is 0 Å². The third-order valence-electron chi connectivity index (χ3n) is 6.24. The first-order chi connectivity index (χ1) is 16.2. The molecule has 5 nitrogen and oxygen atoms in total. The number of phosphoric acid groups is 1. The molecule has 0 unspecified atom stereocenters. The molecular weight excluding hydrogens is 445 g/mol. The van der Waals surface area contributed by atoms with Crippen molar-refractivity contribution in [2.24, 2.45) is 0 Å². The van der Waals surface area contributed by atoms with Crippen molar-refractivity contribution in [3.8, 4) is 0 Å². The summed E-state index contributed by atoms with van der Waals surface area (Å²) in [6.07, 6.45) is 27.4. The second kappa shape index (κ2) is 29.3. The van der Waals surface area contributed by atoms with Gasteiger partial charge in [-0.05, 0) is 19.3 Å². The Morgan fingerprint density at radius 3 is 0.912 bits per heavy atom. The standard InChI is InChI=1S/C28H59O4P.H3N/c1-4-7-10-12-14-16-18-20-22-24-27-31-33(29,30-26-9-6-3)32-28-25-23-21-19-17-15-13-11-8-5-2;/h4-28H2,1-3H3;1H3. The van der Waals surface area contributed by atoms with Gasteiger partial charge in [-0.15, -0.1) is 0 Å². The molecule has 0 bridgehead atoms. The maximum Gasteiger partial charge on any atom is 0.474 e. The van der Waals surface area contributed by atoms with Gasteiger partial charge in [0.1, 0.15) is 0 Å². The molecule has 0 aromatic heterocycles. The molecule has 0 aliphatic rings. The molecule has 0 atom stereocenters. The summed E-state index contributed by atoms with van der Waals surface area (Å²) in [5, 5.41) is 0. The lowest BCUT2D eigenvalue weighted by atomic mass is 10.1. The van der Waals surface area contributed by atoms with Crippen LogP contribution in [-0.2, 0) is 18.1 Å². The van der Waals surface area contributed by atoms with Gasteiger partial charge in [0.2, 0.25) is 0 Å². The van der Waals surface area contributed by atoms with Crippen molar-refractivity contribution in [1.29, 1.82) is 0 Å². The van der Waals surface area contributed by atoms with E-state index in [4.69, 9.17) is 13.6 Å². The van der Waals surface area contributed by atoms with Crippen LogP contribution in [0.5, 0.6) is 0 Å². The highest BCUT2D eigenvalue weighted by Crippen LogP contribution is 2.49. The first-order valence-electron chi connectivity index (χ1n) is 14.7. The van der Waals surface area contributed by atoms with Crippen molar-refractivity contribution >= 4 is 7.82 Å². The molecule has 6 heteroatoms. The summed E-state index contributed by atoms with van der Waals surface area (Å²) in [5.74, 6) is 0. The number of unbranched alkanes of at least 4 members (excludes halogenated alkanes) is 19. The zero-order valence-corrected chi connectivity index (χ0v) is 24.4. The van der Waals surface area contributed by atoms with E-state index in [1.165, 1.54) is 103 Å². The normalized spacial score (nSPS) is 11.6. The second-order valence-electron chi connectivity index (χ2n) is 9.66. The number of hydrogen-bond donors (Lipinski definition) is 1. The number of phosphoric ester groups is 1. The average Bonchev–Trinajstić information content (AvgIpc) is 2.81. The molecule has 0 aliphatic carbocycles. The minimum absolute atomic E-state index is 0. The highest BCUT2D eigenvalue weighted by molar-refractivity contribution is 7.48. The predicted octanol–water partition coefficient (Wildman–Crippen LogP) is 10.9. The van der Waals surface area contributed by atoms with Crippen LogP contribution in [0, 0.1) is 0 Å². The highest BCUT2D eigenvalue weighted by Gasteiger charge is 2.26. The molecule has 0 amide bonds. The monoisotopic (exact) mass is 507 g/mol. The van der Waals surface area contributed by atoms with Crippen LogP contribution in [0.1, 0.15) is 162 Å². The third-order valence-corrected chi connectivity index (χ3v) is 7.74. The minimum Gasteiger partial charge on any atom is -0.344 e. The zero-order chi connectivity index (χ0) is 24.3. The fourth-order valence-electron chi connectivity index (χ4n) is 3.96. The van der Waals surface area contributed by atoms with Crippen molar-refractivity contribution < 1.29 is 18.1 Å². The van der Waals surface area contributed by atoms with E-state index in [1.807, 2.05) is 0 Å². The van der Waals surface area contributed by atoms with Crippen LogP contribution in [0.2, 0.25) is 0 Å². The molecule has 0 rings (SSSR count). The molecule has 0 spiro atoms. The molecule has 0 aromatic rings. The lowest BCUT2D eigenvalue weighted by molar-refractivity contribution is 0.109. The Labute approximate surface area is 214 Å². The van der Waals surface area contributed by atoms with Crippen LogP contribution in [0.25, 0.3) is 0 Å². The summed E-state index contributed by atoms with van der Waals surface area (Å²) in [6, 6.07) is 0. The number of rotatable bonds is 28. The van der Waals surface area contributed by atoms with Crippen molar-refractivity contribution in [2.45, 2.75) is 162 Å². The van der Waals surface area contributed by atoms with E-state index < -0.39 is 7.82 Å². The largest absolute Gasteiger partial charge is 0.474 e. The van der Waals surface area contributed by atoms with Crippen LogP contribution in [0.15, 0.2) is 0 Å². The van der Waals surface area contributed by atoms with Gasteiger partial charge in [-0.3, -0.25) is 13.6 Å². The van der Waals surface area contributed by atoms with Gasteiger partial charge in [0.05, 0.1) is 19.8 Å². The molecule has 34 heavy (non-hydrogen) atoms. The fourth-order valence-corrected chi connectivity index (χ4v) is 5.25. The Morgan fingerprint density at radius 1 is 0.382 bits per heavy atom. The predicted molar refractivity (Wildman–Crippen MR) is 149 cm³/mol. The fraction of sp³-hybridized carbons (Fsp3) is 1.00. The molecular formula is C28H62NO4P. The quantitative estimate of drug-likeness (QED) is 0.0841. The van der Waals surface area contributed by atoms with E-state index in [2.05, 4.69) is 20.8 Å². The van der Waals surface area contributed by atoms with E-state index in [-0.39, 0.29) is 6.15 Å². The van der Waals surface area contributed by atoms with E-state index in [0.29, 0.717) is 19.8 Å². The molecule has 0 aromatic carbocycles. The summed E-state index contributed by atoms with van der Waals surface area (Å²) < 4.78 is 29.8. The van der Waals surface area contributed by atoms with Crippen molar-refractivity contribution in [3.05, 3.63) is 0 Å². The maximum atomic E-state index is 12.9. The maximum absolute atomic E-state index is 12.9. The topological polar surface area (TPSA) is 79.8 Å². The van der Waals surface area contributed by atoms with Crippen LogP contribution in [-0.4, -0.2) is 19.8 Å². The molecule has 208 valence electrons. The highest BCUT2D eigenvalue weighted by atomic mass is 31.2. The van der Waals surface area contributed by atoms with Gasteiger partial charge in [-0.25, -0.2) is 4.57 Å². The summed E-state index contributed by atoms with van der Waals surface area (Å²) in [5.41, 5.74) is 0. The molecule has 0 saturated heterocycles. The molecule has 0 saturated carbocycles.